The first-order valence-corrected chi connectivity index (χ1v) is 9.71. The number of aliphatic imine (C=N–C) groups is 1. The third kappa shape index (κ3) is 4.53. The zero-order chi connectivity index (χ0) is 22.3. The van der Waals surface area contributed by atoms with Crippen LogP contribution in [0, 0.1) is 0 Å². The van der Waals surface area contributed by atoms with Crippen molar-refractivity contribution < 1.29 is 19.4 Å². The van der Waals surface area contributed by atoms with Gasteiger partial charge in [-0.25, -0.2) is 4.99 Å². The minimum Gasteiger partial charge on any atom is -0.494 e. The molecule has 2 aromatic carbocycles. The standard InChI is InChI=1S/C22H23N5O4/c1-2-12-22(21(23)29)19(17-6-3-4-7-18(17)26-27-24)31-20(25-22)15-8-10-16(11-9-15)30-14-5-13-28/h2-4,6-11,19,28H,1,5,12-14H2,(H2,23,29)/t19-,22-/m0/s1. The van der Waals surface area contributed by atoms with Crippen LogP contribution in [0.5, 0.6) is 5.75 Å². The zero-order valence-corrected chi connectivity index (χ0v) is 16.8. The van der Waals surface area contributed by atoms with Crippen molar-refractivity contribution in [3.05, 3.63) is 82.8 Å². The Morgan fingerprint density at radius 2 is 2.10 bits per heavy atom. The molecular weight excluding hydrogens is 398 g/mol. The lowest BCUT2D eigenvalue weighted by Gasteiger charge is -2.28. The fourth-order valence-electron chi connectivity index (χ4n) is 3.38. The summed E-state index contributed by atoms with van der Waals surface area (Å²) in [6, 6.07) is 13.8. The maximum absolute atomic E-state index is 12.6. The average molecular weight is 421 g/mol. The van der Waals surface area contributed by atoms with E-state index in [4.69, 9.17) is 25.8 Å². The van der Waals surface area contributed by atoms with Gasteiger partial charge in [-0.3, -0.25) is 4.79 Å². The lowest BCUT2D eigenvalue weighted by atomic mass is 9.84. The van der Waals surface area contributed by atoms with Gasteiger partial charge in [-0.2, -0.15) is 0 Å². The van der Waals surface area contributed by atoms with Crippen LogP contribution in [-0.4, -0.2) is 35.7 Å². The van der Waals surface area contributed by atoms with Gasteiger partial charge in [-0.05, 0) is 29.8 Å². The molecule has 9 heteroatoms. The molecule has 1 aliphatic rings. The van der Waals surface area contributed by atoms with E-state index in [0.29, 0.717) is 35.6 Å². The Morgan fingerprint density at radius 1 is 1.35 bits per heavy atom. The van der Waals surface area contributed by atoms with Crippen LogP contribution in [0.15, 0.2) is 71.3 Å². The SMILES string of the molecule is C=CC[C@]1(C(N)=O)N=C(c2ccc(OCCCO)cc2)O[C@H]1c1ccccc1N=[N+]=[N-]. The van der Waals surface area contributed by atoms with Crippen LogP contribution in [0.2, 0.25) is 0 Å². The minimum absolute atomic E-state index is 0.0555. The highest BCUT2D eigenvalue weighted by Crippen LogP contribution is 2.45. The van der Waals surface area contributed by atoms with Gasteiger partial charge >= 0.3 is 0 Å². The minimum atomic E-state index is -1.44. The maximum atomic E-state index is 12.6. The summed E-state index contributed by atoms with van der Waals surface area (Å²) in [7, 11) is 0. The molecule has 3 rings (SSSR count). The molecular formula is C22H23N5O4. The highest BCUT2D eigenvalue weighted by atomic mass is 16.5. The van der Waals surface area contributed by atoms with Crippen molar-refractivity contribution in [3.63, 3.8) is 0 Å². The van der Waals surface area contributed by atoms with E-state index in [0.717, 1.165) is 0 Å². The van der Waals surface area contributed by atoms with Crippen molar-refractivity contribution in [2.75, 3.05) is 13.2 Å². The summed E-state index contributed by atoms with van der Waals surface area (Å²) in [5.41, 5.74) is 14.7. The number of benzene rings is 2. The van der Waals surface area contributed by atoms with E-state index < -0.39 is 17.6 Å². The fourth-order valence-corrected chi connectivity index (χ4v) is 3.38. The van der Waals surface area contributed by atoms with Gasteiger partial charge < -0.3 is 20.3 Å². The largest absolute Gasteiger partial charge is 0.494 e. The quantitative estimate of drug-likeness (QED) is 0.198. The molecule has 2 atom stereocenters. The lowest BCUT2D eigenvalue weighted by Crippen LogP contribution is -2.45. The Labute approximate surface area is 179 Å². The number of aliphatic hydroxyl groups is 1. The van der Waals surface area contributed by atoms with Crippen molar-refractivity contribution in [2.24, 2.45) is 15.8 Å². The molecule has 0 saturated carbocycles. The summed E-state index contributed by atoms with van der Waals surface area (Å²) >= 11 is 0. The first kappa shape index (κ1) is 21.9. The van der Waals surface area contributed by atoms with E-state index in [1.54, 1.807) is 54.6 Å². The summed E-state index contributed by atoms with van der Waals surface area (Å²) < 4.78 is 11.7. The van der Waals surface area contributed by atoms with Gasteiger partial charge in [-0.1, -0.05) is 35.5 Å². The Hall–Kier alpha value is -3.81. The van der Waals surface area contributed by atoms with Gasteiger partial charge in [0.2, 0.25) is 11.8 Å². The van der Waals surface area contributed by atoms with E-state index in [1.807, 2.05) is 0 Å². The molecule has 0 fully saturated rings. The van der Waals surface area contributed by atoms with Crippen molar-refractivity contribution in [2.45, 2.75) is 24.5 Å². The van der Waals surface area contributed by atoms with Crippen LogP contribution >= 0.6 is 0 Å². The van der Waals surface area contributed by atoms with Gasteiger partial charge in [0.15, 0.2) is 11.6 Å². The van der Waals surface area contributed by atoms with E-state index in [9.17, 15) is 4.79 Å². The smallest absolute Gasteiger partial charge is 0.250 e. The second-order valence-corrected chi connectivity index (χ2v) is 6.89. The molecule has 1 aliphatic heterocycles. The van der Waals surface area contributed by atoms with Crippen LogP contribution in [0.3, 0.4) is 0 Å². The molecule has 3 N–H and O–H groups in total. The molecule has 0 spiro atoms. The Kier molecular flexibility index (Phi) is 6.92. The van der Waals surface area contributed by atoms with Crippen molar-refractivity contribution in [1.82, 2.24) is 0 Å². The number of aliphatic hydroxyl groups excluding tert-OH is 1. The summed E-state index contributed by atoms with van der Waals surface area (Å²) in [6.07, 6.45) is 1.35. The Morgan fingerprint density at radius 3 is 2.74 bits per heavy atom. The van der Waals surface area contributed by atoms with Gasteiger partial charge in [0.05, 0.1) is 6.61 Å². The van der Waals surface area contributed by atoms with Gasteiger partial charge in [-0.15, -0.1) is 6.58 Å². The van der Waals surface area contributed by atoms with Crippen LogP contribution in [-0.2, 0) is 9.53 Å². The number of nitrogens with two attached hydrogens (primary N) is 1. The molecule has 2 aromatic rings. The van der Waals surface area contributed by atoms with Crippen LogP contribution in [0.1, 0.15) is 30.1 Å². The average Bonchev–Trinajstić information content (AvgIpc) is 3.16. The summed E-state index contributed by atoms with van der Waals surface area (Å²) in [5, 5.41) is 12.6. The molecule has 0 aliphatic carbocycles. The summed E-state index contributed by atoms with van der Waals surface area (Å²) in [6.45, 7) is 4.19. The molecule has 160 valence electrons. The third-order valence-corrected chi connectivity index (χ3v) is 4.89. The van der Waals surface area contributed by atoms with Crippen molar-refractivity contribution in [1.29, 1.82) is 0 Å². The molecule has 0 unspecified atom stereocenters. The zero-order valence-electron chi connectivity index (χ0n) is 16.8. The Balaban J connectivity index is 2.00. The summed E-state index contributed by atoms with van der Waals surface area (Å²) in [5.74, 6) is 0.198. The number of rotatable bonds is 10. The van der Waals surface area contributed by atoms with E-state index >= 15 is 0 Å². The number of carbonyl (C=O) groups excluding carboxylic acids is 1. The predicted octanol–water partition coefficient (Wildman–Crippen LogP) is 3.71. The van der Waals surface area contributed by atoms with Gasteiger partial charge in [0, 0.05) is 41.2 Å². The molecule has 0 bridgehead atoms. The number of amides is 1. The van der Waals surface area contributed by atoms with Gasteiger partial charge in [0.1, 0.15) is 5.75 Å². The normalized spacial score (nSPS) is 19.6. The molecule has 1 amide bonds. The van der Waals surface area contributed by atoms with Crippen LogP contribution < -0.4 is 10.5 Å². The lowest BCUT2D eigenvalue weighted by molar-refractivity contribution is -0.125. The maximum Gasteiger partial charge on any atom is 0.250 e. The second-order valence-electron chi connectivity index (χ2n) is 6.89. The molecule has 9 nitrogen and oxygen atoms in total. The molecule has 1 heterocycles. The Bertz CT molecular complexity index is 1030. The van der Waals surface area contributed by atoms with Gasteiger partial charge in [0.25, 0.3) is 0 Å². The fraction of sp³-hybridized carbons (Fsp3) is 0.273. The van der Waals surface area contributed by atoms with Crippen LogP contribution in [0.25, 0.3) is 10.4 Å². The molecule has 0 aromatic heterocycles. The number of hydrogen-bond donors (Lipinski definition) is 2. The molecule has 31 heavy (non-hydrogen) atoms. The van der Waals surface area contributed by atoms with Crippen molar-refractivity contribution >= 4 is 17.5 Å². The number of hydrogen-bond acceptors (Lipinski definition) is 6. The highest BCUT2D eigenvalue weighted by Gasteiger charge is 2.51. The number of azide groups is 1. The topological polar surface area (TPSA) is 143 Å². The first-order chi connectivity index (χ1) is 15.1. The number of carbonyl (C=O) groups is 1. The number of primary amides is 1. The molecule has 0 saturated heterocycles. The monoisotopic (exact) mass is 421 g/mol. The summed E-state index contributed by atoms with van der Waals surface area (Å²) in [4.78, 5) is 20.0. The molecule has 0 radical (unpaired) electrons. The highest BCUT2D eigenvalue weighted by molar-refractivity contribution is 6.00. The van der Waals surface area contributed by atoms with E-state index in [2.05, 4.69) is 21.6 Å². The van der Waals surface area contributed by atoms with E-state index in [-0.39, 0.29) is 18.9 Å². The first-order valence-electron chi connectivity index (χ1n) is 9.71. The second kappa shape index (κ2) is 9.80. The van der Waals surface area contributed by atoms with E-state index in [1.165, 1.54) is 0 Å². The number of nitrogens with zero attached hydrogens (tertiary/aromatic N) is 4. The van der Waals surface area contributed by atoms with Crippen LogP contribution in [0.4, 0.5) is 5.69 Å². The third-order valence-electron chi connectivity index (χ3n) is 4.89. The van der Waals surface area contributed by atoms with Crippen molar-refractivity contribution in [3.8, 4) is 5.75 Å². The number of ether oxygens (including phenoxy) is 2. The predicted molar refractivity (Wildman–Crippen MR) is 116 cm³/mol.